The molecule has 2 rings (SSSR count). The highest BCUT2D eigenvalue weighted by Gasteiger charge is 2.27. The third-order valence-corrected chi connectivity index (χ3v) is 4.88. The Hall–Kier alpha value is -1.31. The number of hydrogen-bond donors (Lipinski definition) is 2. The van der Waals surface area contributed by atoms with E-state index in [9.17, 15) is 9.90 Å². The zero-order chi connectivity index (χ0) is 19.5. The molecule has 0 saturated heterocycles. The Bertz CT molecular complexity index is 772. The molecule has 2 unspecified atom stereocenters. The molecule has 0 saturated carbocycles. The Morgan fingerprint density at radius 2 is 1.73 bits per heavy atom. The Balaban J connectivity index is 2.35. The molecule has 0 heterocycles. The van der Waals surface area contributed by atoms with Crippen LogP contribution < -0.4 is 5.32 Å². The molecule has 0 bridgehead atoms. The van der Waals surface area contributed by atoms with E-state index in [2.05, 4.69) is 27.9 Å². The SMILES string of the molecule is Cc1cc(C(NC(=O)OC(C)(C)C)C(O)c2ccc(I)cc2)ccc1Cl. The van der Waals surface area contributed by atoms with Crippen LogP contribution in [0.15, 0.2) is 42.5 Å². The minimum absolute atomic E-state index is 0.584. The number of halogens is 2. The van der Waals surface area contributed by atoms with E-state index in [1.165, 1.54) is 0 Å². The van der Waals surface area contributed by atoms with Crippen molar-refractivity contribution in [1.29, 1.82) is 0 Å². The highest BCUT2D eigenvalue weighted by molar-refractivity contribution is 14.1. The van der Waals surface area contributed by atoms with Crippen molar-refractivity contribution in [2.45, 2.75) is 45.4 Å². The van der Waals surface area contributed by atoms with Gasteiger partial charge in [0.15, 0.2) is 0 Å². The predicted molar refractivity (Wildman–Crippen MR) is 112 cm³/mol. The van der Waals surface area contributed by atoms with Crippen molar-refractivity contribution in [3.63, 3.8) is 0 Å². The molecule has 0 radical (unpaired) electrons. The van der Waals surface area contributed by atoms with E-state index in [0.717, 1.165) is 14.7 Å². The molecule has 0 spiro atoms. The van der Waals surface area contributed by atoms with Gasteiger partial charge < -0.3 is 15.2 Å². The van der Waals surface area contributed by atoms with Gasteiger partial charge in [0.1, 0.15) is 11.7 Å². The number of aryl methyl sites for hydroxylation is 1. The predicted octanol–water partition coefficient (Wildman–Crippen LogP) is 5.55. The first-order valence-corrected chi connectivity index (χ1v) is 9.71. The maximum absolute atomic E-state index is 12.3. The van der Waals surface area contributed by atoms with Crippen LogP contribution in [0.2, 0.25) is 5.02 Å². The van der Waals surface area contributed by atoms with Gasteiger partial charge >= 0.3 is 6.09 Å². The van der Waals surface area contributed by atoms with Crippen molar-refractivity contribution in [2.24, 2.45) is 0 Å². The van der Waals surface area contributed by atoms with E-state index in [1.54, 1.807) is 32.9 Å². The molecule has 26 heavy (non-hydrogen) atoms. The smallest absolute Gasteiger partial charge is 0.408 e. The second-order valence-electron chi connectivity index (χ2n) is 7.13. The molecule has 0 aromatic heterocycles. The van der Waals surface area contributed by atoms with Crippen LogP contribution in [0, 0.1) is 10.5 Å². The average molecular weight is 488 g/mol. The first kappa shape index (κ1) is 21.0. The Kier molecular flexibility index (Phi) is 6.93. The maximum atomic E-state index is 12.3. The summed E-state index contributed by atoms with van der Waals surface area (Å²) in [5.74, 6) is 0. The highest BCUT2D eigenvalue weighted by Crippen LogP contribution is 2.31. The Morgan fingerprint density at radius 3 is 2.27 bits per heavy atom. The number of rotatable bonds is 4. The van der Waals surface area contributed by atoms with Gasteiger partial charge in [0.05, 0.1) is 6.04 Å². The van der Waals surface area contributed by atoms with Crippen LogP contribution in [0.4, 0.5) is 4.79 Å². The lowest BCUT2D eigenvalue weighted by Gasteiger charge is -2.27. The lowest BCUT2D eigenvalue weighted by atomic mass is 9.95. The van der Waals surface area contributed by atoms with Crippen molar-refractivity contribution in [1.82, 2.24) is 5.32 Å². The monoisotopic (exact) mass is 487 g/mol. The molecule has 2 N–H and O–H groups in total. The number of hydrogen-bond acceptors (Lipinski definition) is 3. The molecular weight excluding hydrogens is 465 g/mol. The molecule has 6 heteroatoms. The second-order valence-corrected chi connectivity index (χ2v) is 8.78. The molecule has 2 aromatic rings. The first-order chi connectivity index (χ1) is 12.1. The summed E-state index contributed by atoms with van der Waals surface area (Å²) in [5, 5.41) is 14.4. The number of ether oxygens (including phenoxy) is 1. The van der Waals surface area contributed by atoms with E-state index in [0.29, 0.717) is 10.6 Å². The van der Waals surface area contributed by atoms with E-state index in [4.69, 9.17) is 16.3 Å². The highest BCUT2D eigenvalue weighted by atomic mass is 127. The van der Waals surface area contributed by atoms with Crippen LogP contribution in [-0.2, 0) is 4.74 Å². The normalized spacial score (nSPS) is 13.8. The van der Waals surface area contributed by atoms with E-state index in [-0.39, 0.29) is 0 Å². The van der Waals surface area contributed by atoms with Gasteiger partial charge in [-0.25, -0.2) is 4.79 Å². The Morgan fingerprint density at radius 1 is 1.15 bits per heavy atom. The zero-order valence-corrected chi connectivity index (χ0v) is 18.1. The summed E-state index contributed by atoms with van der Waals surface area (Å²) in [5.41, 5.74) is 1.70. The first-order valence-electron chi connectivity index (χ1n) is 8.26. The van der Waals surface area contributed by atoms with Crippen molar-refractivity contribution < 1.29 is 14.6 Å². The van der Waals surface area contributed by atoms with Crippen molar-refractivity contribution in [3.05, 3.63) is 67.7 Å². The number of aliphatic hydroxyl groups excluding tert-OH is 1. The van der Waals surface area contributed by atoms with E-state index in [1.807, 2.05) is 37.3 Å². The average Bonchev–Trinajstić information content (AvgIpc) is 2.54. The fourth-order valence-electron chi connectivity index (χ4n) is 2.49. The zero-order valence-electron chi connectivity index (χ0n) is 15.2. The third-order valence-electron chi connectivity index (χ3n) is 3.74. The Labute approximate surface area is 173 Å². The van der Waals surface area contributed by atoms with Crippen LogP contribution in [0.3, 0.4) is 0 Å². The molecule has 4 nitrogen and oxygen atoms in total. The molecule has 0 fully saturated rings. The minimum atomic E-state index is -0.930. The fourth-order valence-corrected chi connectivity index (χ4v) is 2.97. The molecule has 0 aliphatic heterocycles. The van der Waals surface area contributed by atoms with Gasteiger partial charge in [-0.1, -0.05) is 35.9 Å². The standard InChI is InChI=1S/C20H23ClINO3/c1-12-11-14(7-10-16(12)21)17(23-19(25)26-20(2,3)4)18(24)13-5-8-15(22)9-6-13/h5-11,17-18,24H,1-4H3,(H,23,25). The largest absolute Gasteiger partial charge is 0.444 e. The van der Waals surface area contributed by atoms with Gasteiger partial charge in [0.25, 0.3) is 0 Å². The number of aliphatic hydroxyl groups is 1. The quantitative estimate of drug-likeness (QED) is 0.556. The van der Waals surface area contributed by atoms with Crippen LogP contribution in [-0.4, -0.2) is 16.8 Å². The lowest BCUT2D eigenvalue weighted by Crippen LogP contribution is -2.37. The van der Waals surface area contributed by atoms with Crippen molar-refractivity contribution in [3.8, 4) is 0 Å². The van der Waals surface area contributed by atoms with E-state index >= 15 is 0 Å². The number of amides is 1. The fraction of sp³-hybridized carbons (Fsp3) is 0.350. The van der Waals surface area contributed by atoms with Gasteiger partial charge in [-0.3, -0.25) is 0 Å². The number of nitrogens with one attached hydrogen (secondary N) is 1. The summed E-state index contributed by atoms with van der Waals surface area (Å²) in [6.45, 7) is 7.27. The minimum Gasteiger partial charge on any atom is -0.444 e. The second kappa shape index (κ2) is 8.59. The van der Waals surface area contributed by atoms with Gasteiger partial charge in [0.2, 0.25) is 0 Å². The van der Waals surface area contributed by atoms with Crippen molar-refractivity contribution >= 4 is 40.3 Å². The van der Waals surface area contributed by atoms with Crippen LogP contribution in [0.5, 0.6) is 0 Å². The summed E-state index contributed by atoms with van der Waals surface area (Å²) in [7, 11) is 0. The molecule has 2 aromatic carbocycles. The van der Waals surface area contributed by atoms with Crippen LogP contribution in [0.1, 0.15) is 49.6 Å². The topological polar surface area (TPSA) is 58.6 Å². The number of carbonyl (C=O) groups is 1. The number of carbonyl (C=O) groups excluding carboxylic acids is 1. The van der Waals surface area contributed by atoms with Crippen LogP contribution >= 0.6 is 34.2 Å². The summed E-state index contributed by atoms with van der Waals surface area (Å²) in [6.07, 6.45) is -1.51. The summed E-state index contributed by atoms with van der Waals surface area (Å²) in [4.78, 5) is 12.3. The third kappa shape index (κ3) is 5.86. The molecule has 140 valence electrons. The number of benzene rings is 2. The van der Waals surface area contributed by atoms with E-state index < -0.39 is 23.8 Å². The molecule has 0 aliphatic rings. The summed E-state index contributed by atoms with van der Waals surface area (Å²) >= 11 is 8.32. The molecule has 2 atom stereocenters. The number of alkyl carbamates (subject to hydrolysis) is 1. The van der Waals surface area contributed by atoms with Gasteiger partial charge in [0, 0.05) is 8.59 Å². The van der Waals surface area contributed by atoms with Gasteiger partial charge in [-0.05, 0) is 85.2 Å². The lowest BCUT2D eigenvalue weighted by molar-refractivity contribution is 0.0419. The maximum Gasteiger partial charge on any atom is 0.408 e. The van der Waals surface area contributed by atoms with Crippen molar-refractivity contribution in [2.75, 3.05) is 0 Å². The summed E-state index contributed by atoms with van der Waals surface area (Å²) in [6, 6.07) is 12.3. The van der Waals surface area contributed by atoms with Gasteiger partial charge in [-0.2, -0.15) is 0 Å². The molecule has 0 aliphatic carbocycles. The summed E-state index contributed by atoms with van der Waals surface area (Å²) < 4.78 is 6.43. The molecular formula is C20H23ClINO3. The molecule has 1 amide bonds. The van der Waals surface area contributed by atoms with Crippen LogP contribution in [0.25, 0.3) is 0 Å². The van der Waals surface area contributed by atoms with Gasteiger partial charge in [-0.15, -0.1) is 0 Å².